The van der Waals surface area contributed by atoms with Gasteiger partial charge in [-0.1, -0.05) is 25.5 Å². The van der Waals surface area contributed by atoms with Crippen LogP contribution in [0.25, 0.3) is 10.8 Å². The highest BCUT2D eigenvalue weighted by molar-refractivity contribution is 6.27. The summed E-state index contributed by atoms with van der Waals surface area (Å²) < 4.78 is 0. The molecule has 0 spiro atoms. The highest BCUT2D eigenvalue weighted by Crippen LogP contribution is 2.40. The van der Waals surface area contributed by atoms with Crippen LogP contribution < -0.4 is 10.2 Å². The molecular weight excluding hydrogens is 320 g/mol. The van der Waals surface area contributed by atoms with Crippen molar-refractivity contribution in [3.63, 3.8) is 0 Å². The summed E-state index contributed by atoms with van der Waals surface area (Å²) in [4.78, 5) is 36.8. The summed E-state index contributed by atoms with van der Waals surface area (Å²) in [6.45, 7) is 2.73. The van der Waals surface area contributed by atoms with E-state index in [4.69, 9.17) is 5.11 Å². The molecule has 3 rings (SSSR count). The van der Waals surface area contributed by atoms with Gasteiger partial charge in [-0.15, -0.1) is 0 Å². The number of carboxylic acid groups (broad SMARTS) is 1. The summed E-state index contributed by atoms with van der Waals surface area (Å²) in [5.41, 5.74) is 2.02. The Balaban J connectivity index is 2.00. The van der Waals surface area contributed by atoms with Crippen LogP contribution in [0.2, 0.25) is 0 Å². The Hall–Kier alpha value is -3.15. The van der Waals surface area contributed by atoms with Gasteiger partial charge < -0.3 is 15.3 Å². The van der Waals surface area contributed by atoms with Crippen LogP contribution in [-0.2, 0) is 9.59 Å². The topological polar surface area (TPSA) is 86.7 Å². The SMILES string of the molecule is CCCCN1C(=O)c2cccc3c(NC(=O)/C=C/C(=O)O)ccc1c23. The van der Waals surface area contributed by atoms with Gasteiger partial charge in [0, 0.05) is 40.7 Å². The van der Waals surface area contributed by atoms with E-state index in [1.54, 1.807) is 23.1 Å². The van der Waals surface area contributed by atoms with E-state index in [0.29, 0.717) is 17.8 Å². The van der Waals surface area contributed by atoms with Crippen LogP contribution in [0.4, 0.5) is 11.4 Å². The molecule has 2 aromatic carbocycles. The molecule has 0 aromatic heterocycles. The molecule has 0 atom stereocenters. The number of hydrogen-bond donors (Lipinski definition) is 2. The third-order valence-corrected chi connectivity index (χ3v) is 4.16. The summed E-state index contributed by atoms with van der Waals surface area (Å²) in [7, 11) is 0. The predicted octanol–water partition coefficient (Wildman–Crippen LogP) is 3.18. The van der Waals surface area contributed by atoms with Gasteiger partial charge in [0.2, 0.25) is 5.91 Å². The zero-order valence-corrected chi connectivity index (χ0v) is 13.8. The fraction of sp³-hybridized carbons (Fsp3) is 0.211. The normalized spacial score (nSPS) is 13.0. The highest BCUT2D eigenvalue weighted by atomic mass is 16.4. The van der Waals surface area contributed by atoms with Crippen molar-refractivity contribution >= 4 is 39.9 Å². The Morgan fingerprint density at radius 3 is 2.72 bits per heavy atom. The lowest BCUT2D eigenvalue weighted by atomic mass is 10.0. The lowest BCUT2D eigenvalue weighted by Crippen LogP contribution is -2.27. The van der Waals surface area contributed by atoms with Gasteiger partial charge >= 0.3 is 5.97 Å². The molecule has 2 amide bonds. The number of rotatable bonds is 6. The van der Waals surface area contributed by atoms with E-state index in [1.807, 2.05) is 12.1 Å². The van der Waals surface area contributed by atoms with Crippen LogP contribution in [0, 0.1) is 0 Å². The van der Waals surface area contributed by atoms with E-state index in [9.17, 15) is 14.4 Å². The molecule has 0 aliphatic carbocycles. The smallest absolute Gasteiger partial charge is 0.328 e. The molecule has 0 radical (unpaired) electrons. The number of nitrogens with one attached hydrogen (secondary N) is 1. The van der Waals surface area contributed by atoms with Gasteiger partial charge in [-0.3, -0.25) is 9.59 Å². The minimum Gasteiger partial charge on any atom is -0.478 e. The molecule has 2 aromatic rings. The Kier molecular flexibility index (Phi) is 4.52. The lowest BCUT2D eigenvalue weighted by Gasteiger charge is -2.17. The number of aliphatic carboxylic acids is 1. The lowest BCUT2D eigenvalue weighted by molar-refractivity contribution is -0.131. The molecule has 1 aliphatic rings. The van der Waals surface area contributed by atoms with Crippen molar-refractivity contribution in [3.8, 4) is 0 Å². The first-order valence-corrected chi connectivity index (χ1v) is 8.12. The minimum atomic E-state index is -1.19. The van der Waals surface area contributed by atoms with Crippen LogP contribution >= 0.6 is 0 Å². The third-order valence-electron chi connectivity index (χ3n) is 4.16. The number of hydrogen-bond acceptors (Lipinski definition) is 3. The number of carbonyl (C=O) groups is 3. The van der Waals surface area contributed by atoms with Crippen molar-refractivity contribution in [1.29, 1.82) is 0 Å². The zero-order valence-electron chi connectivity index (χ0n) is 13.8. The molecule has 1 aliphatic heterocycles. The van der Waals surface area contributed by atoms with Gasteiger partial charge in [-0.05, 0) is 24.6 Å². The Morgan fingerprint density at radius 1 is 1.20 bits per heavy atom. The minimum absolute atomic E-state index is 0.0247. The molecule has 0 saturated heterocycles. The number of nitrogens with zero attached hydrogens (tertiary/aromatic N) is 1. The molecule has 2 N–H and O–H groups in total. The average molecular weight is 338 g/mol. The molecule has 0 bridgehead atoms. The van der Waals surface area contributed by atoms with Crippen LogP contribution in [-0.4, -0.2) is 29.4 Å². The third kappa shape index (κ3) is 3.10. The Morgan fingerprint density at radius 2 is 2.00 bits per heavy atom. The summed E-state index contributed by atoms with van der Waals surface area (Å²) in [6.07, 6.45) is 3.66. The van der Waals surface area contributed by atoms with Crippen LogP contribution in [0.5, 0.6) is 0 Å². The predicted molar refractivity (Wildman–Crippen MR) is 95.9 cm³/mol. The largest absolute Gasteiger partial charge is 0.478 e. The quantitative estimate of drug-likeness (QED) is 0.792. The molecule has 6 nitrogen and oxygen atoms in total. The first-order valence-electron chi connectivity index (χ1n) is 8.12. The van der Waals surface area contributed by atoms with Gasteiger partial charge in [-0.25, -0.2) is 4.79 Å². The van der Waals surface area contributed by atoms with E-state index in [2.05, 4.69) is 12.2 Å². The molecular formula is C19H18N2O4. The number of carbonyl (C=O) groups excluding carboxylic acids is 2. The van der Waals surface area contributed by atoms with Crippen LogP contribution in [0.15, 0.2) is 42.5 Å². The molecule has 0 fully saturated rings. The summed E-state index contributed by atoms with van der Waals surface area (Å²) in [6, 6.07) is 8.98. The van der Waals surface area contributed by atoms with Gasteiger partial charge in [0.25, 0.3) is 5.91 Å². The van der Waals surface area contributed by atoms with E-state index < -0.39 is 11.9 Å². The fourth-order valence-electron chi connectivity index (χ4n) is 3.01. The molecule has 0 saturated carbocycles. The van der Waals surface area contributed by atoms with Crippen LogP contribution in [0.3, 0.4) is 0 Å². The Bertz CT molecular complexity index is 902. The average Bonchev–Trinajstić information content (AvgIpc) is 2.87. The summed E-state index contributed by atoms with van der Waals surface area (Å²) in [5, 5.41) is 12.9. The van der Waals surface area contributed by atoms with E-state index >= 15 is 0 Å². The van der Waals surface area contributed by atoms with E-state index in [0.717, 1.165) is 41.5 Å². The van der Waals surface area contributed by atoms with Crippen molar-refractivity contribution in [3.05, 3.63) is 48.0 Å². The van der Waals surface area contributed by atoms with Crippen LogP contribution in [0.1, 0.15) is 30.1 Å². The number of amides is 2. The second kappa shape index (κ2) is 6.76. The molecule has 128 valence electrons. The first kappa shape index (κ1) is 16.7. The van der Waals surface area contributed by atoms with Crippen molar-refractivity contribution in [2.45, 2.75) is 19.8 Å². The zero-order chi connectivity index (χ0) is 18.0. The monoisotopic (exact) mass is 338 g/mol. The number of unbranched alkanes of at least 4 members (excludes halogenated alkanes) is 1. The number of benzene rings is 2. The number of carboxylic acids is 1. The van der Waals surface area contributed by atoms with Gasteiger partial charge in [0.05, 0.1) is 5.69 Å². The van der Waals surface area contributed by atoms with Gasteiger partial charge in [-0.2, -0.15) is 0 Å². The maximum absolute atomic E-state index is 12.7. The fourth-order valence-corrected chi connectivity index (χ4v) is 3.01. The van der Waals surface area contributed by atoms with Crippen molar-refractivity contribution in [1.82, 2.24) is 0 Å². The highest BCUT2D eigenvalue weighted by Gasteiger charge is 2.29. The van der Waals surface area contributed by atoms with E-state index in [-0.39, 0.29) is 5.91 Å². The summed E-state index contributed by atoms with van der Waals surface area (Å²) >= 11 is 0. The second-order valence-electron chi connectivity index (χ2n) is 5.83. The van der Waals surface area contributed by atoms with Crippen molar-refractivity contribution < 1.29 is 19.5 Å². The maximum atomic E-state index is 12.7. The first-order chi connectivity index (χ1) is 12.0. The number of anilines is 2. The molecule has 6 heteroatoms. The van der Waals surface area contributed by atoms with Gasteiger partial charge in [0.15, 0.2) is 0 Å². The molecule has 1 heterocycles. The van der Waals surface area contributed by atoms with Crippen molar-refractivity contribution in [2.24, 2.45) is 0 Å². The second-order valence-corrected chi connectivity index (χ2v) is 5.83. The molecule has 25 heavy (non-hydrogen) atoms. The standard InChI is InChI=1S/C19H18N2O4/c1-2-3-11-21-15-8-7-14(20-16(22)9-10-17(23)24)12-5-4-6-13(18(12)15)19(21)25/h4-10H,2-3,11H2,1H3,(H,20,22)(H,23,24)/b10-9+. The van der Waals surface area contributed by atoms with Gasteiger partial charge in [0.1, 0.15) is 0 Å². The van der Waals surface area contributed by atoms with Crippen molar-refractivity contribution in [2.75, 3.05) is 16.8 Å². The summed E-state index contributed by atoms with van der Waals surface area (Å²) in [5.74, 6) is -1.74. The molecule has 0 unspecified atom stereocenters. The van der Waals surface area contributed by atoms with E-state index in [1.165, 1.54) is 0 Å². The maximum Gasteiger partial charge on any atom is 0.328 e. The Labute approximate surface area is 144 Å².